The van der Waals surface area contributed by atoms with Gasteiger partial charge >= 0.3 is 0 Å². The number of benzene rings is 1. The summed E-state index contributed by atoms with van der Waals surface area (Å²) in [5.74, 6) is 1.11. The highest BCUT2D eigenvalue weighted by molar-refractivity contribution is 5.88. The Bertz CT molecular complexity index is 866. The molecule has 0 saturated carbocycles. The molecule has 2 aliphatic heterocycles. The van der Waals surface area contributed by atoms with Crippen LogP contribution >= 0.6 is 0 Å². The third-order valence-corrected chi connectivity index (χ3v) is 5.91. The number of aromatic nitrogens is 1. The first-order chi connectivity index (χ1) is 13.0. The van der Waals surface area contributed by atoms with E-state index < -0.39 is 0 Å². The van der Waals surface area contributed by atoms with Crippen LogP contribution in [0.1, 0.15) is 43.5 Å². The molecular weight excluding hydrogens is 338 g/mol. The molecule has 142 valence electrons. The number of carbonyl (C=O) groups excluding carboxylic acids is 1. The summed E-state index contributed by atoms with van der Waals surface area (Å²) in [6.45, 7) is 5.59. The monoisotopic (exact) mass is 365 g/mol. The molecule has 1 amide bonds. The fraction of sp³-hybridized carbons (Fsp3) is 0.455. The Morgan fingerprint density at radius 1 is 1.30 bits per heavy atom. The molecule has 2 atom stereocenters. The Morgan fingerprint density at radius 3 is 2.89 bits per heavy atom. The Hall–Kier alpha value is -2.40. The highest BCUT2D eigenvalue weighted by Crippen LogP contribution is 2.39. The number of amides is 1. The van der Waals surface area contributed by atoms with Gasteiger partial charge in [0.05, 0.1) is 18.3 Å². The lowest BCUT2D eigenvalue weighted by Gasteiger charge is -2.23. The molecule has 0 unspecified atom stereocenters. The summed E-state index contributed by atoms with van der Waals surface area (Å²) in [6, 6.07) is 10.5. The van der Waals surface area contributed by atoms with Crippen molar-refractivity contribution in [2.75, 3.05) is 20.2 Å². The number of nitrogens with one attached hydrogen (secondary N) is 1. The van der Waals surface area contributed by atoms with Crippen LogP contribution in [0.2, 0.25) is 0 Å². The van der Waals surface area contributed by atoms with Gasteiger partial charge in [-0.2, -0.15) is 0 Å². The zero-order chi connectivity index (χ0) is 19.0. The van der Waals surface area contributed by atoms with Gasteiger partial charge in [-0.15, -0.1) is 0 Å². The largest absolute Gasteiger partial charge is 0.494 e. The first kappa shape index (κ1) is 18.0. The van der Waals surface area contributed by atoms with Crippen LogP contribution in [-0.2, 0) is 4.79 Å². The van der Waals surface area contributed by atoms with Gasteiger partial charge in [-0.05, 0) is 74.1 Å². The number of rotatable bonds is 4. The molecule has 2 saturated heterocycles. The summed E-state index contributed by atoms with van der Waals surface area (Å²) in [5.41, 5.74) is 4.12. The molecule has 1 N–H and O–H groups in total. The van der Waals surface area contributed by atoms with Crippen molar-refractivity contribution in [2.45, 2.75) is 44.7 Å². The van der Waals surface area contributed by atoms with Crippen LogP contribution in [0, 0.1) is 6.92 Å². The minimum absolute atomic E-state index is 0.121. The van der Waals surface area contributed by atoms with E-state index >= 15 is 0 Å². The topological polar surface area (TPSA) is 54.5 Å². The molecule has 2 fully saturated rings. The first-order valence-electron chi connectivity index (χ1n) is 9.75. The van der Waals surface area contributed by atoms with Crippen molar-refractivity contribution in [3.05, 3.63) is 47.8 Å². The summed E-state index contributed by atoms with van der Waals surface area (Å²) in [6.07, 6.45) is 4.57. The third-order valence-electron chi connectivity index (χ3n) is 5.91. The molecule has 3 heterocycles. The molecule has 0 aliphatic carbocycles. The standard InChI is InChI=1S/C22H27N3O2/c1-4-27-17-6-5-15(2)18(14-17)16-8-11-23-20(13-16)19-7-9-22(24-19)10-12-25(3)21(22)26/h5-6,8,11,13-14,19,24H,4,7,9-10,12H2,1-3H3/t19-,22+/m1/s1. The summed E-state index contributed by atoms with van der Waals surface area (Å²) >= 11 is 0. The smallest absolute Gasteiger partial charge is 0.242 e. The van der Waals surface area contributed by atoms with E-state index in [0.29, 0.717) is 6.61 Å². The van der Waals surface area contributed by atoms with Crippen LogP contribution < -0.4 is 10.1 Å². The molecule has 1 aromatic carbocycles. The van der Waals surface area contributed by atoms with E-state index in [4.69, 9.17) is 4.74 Å². The van der Waals surface area contributed by atoms with E-state index in [0.717, 1.165) is 48.4 Å². The van der Waals surface area contributed by atoms with Crippen molar-refractivity contribution in [3.8, 4) is 16.9 Å². The molecule has 27 heavy (non-hydrogen) atoms. The normalized spacial score (nSPS) is 24.8. The molecular formula is C22H27N3O2. The number of nitrogens with zero attached hydrogens (tertiary/aromatic N) is 2. The minimum Gasteiger partial charge on any atom is -0.494 e. The van der Waals surface area contributed by atoms with Crippen molar-refractivity contribution in [3.63, 3.8) is 0 Å². The fourth-order valence-electron chi connectivity index (χ4n) is 4.36. The molecule has 2 aliphatic rings. The fourth-order valence-corrected chi connectivity index (χ4v) is 4.36. The van der Waals surface area contributed by atoms with Gasteiger partial charge in [-0.3, -0.25) is 15.1 Å². The lowest BCUT2D eigenvalue weighted by molar-refractivity contribution is -0.131. The van der Waals surface area contributed by atoms with E-state index in [2.05, 4.69) is 35.4 Å². The lowest BCUT2D eigenvalue weighted by atomic mass is 9.96. The van der Waals surface area contributed by atoms with Gasteiger partial charge in [0.25, 0.3) is 0 Å². The van der Waals surface area contributed by atoms with Crippen molar-refractivity contribution in [2.24, 2.45) is 0 Å². The van der Waals surface area contributed by atoms with Gasteiger partial charge in [-0.1, -0.05) is 6.07 Å². The second-order valence-corrected chi connectivity index (χ2v) is 7.67. The second kappa shape index (κ2) is 6.97. The number of aryl methyl sites for hydroxylation is 1. The first-order valence-corrected chi connectivity index (χ1v) is 9.75. The predicted octanol–water partition coefficient (Wildman–Crippen LogP) is 3.48. The molecule has 5 heteroatoms. The molecule has 2 aromatic rings. The number of likely N-dealkylation sites (tertiary alicyclic amines) is 1. The van der Waals surface area contributed by atoms with Crippen LogP contribution in [0.5, 0.6) is 5.75 Å². The SMILES string of the molecule is CCOc1ccc(C)c(-c2ccnc([C@H]3CC[C@@]4(CCN(C)C4=O)N3)c2)c1. The van der Waals surface area contributed by atoms with Gasteiger partial charge < -0.3 is 9.64 Å². The maximum atomic E-state index is 12.6. The average molecular weight is 365 g/mol. The lowest BCUT2D eigenvalue weighted by Crippen LogP contribution is -2.47. The maximum Gasteiger partial charge on any atom is 0.242 e. The summed E-state index contributed by atoms with van der Waals surface area (Å²) < 4.78 is 5.67. The minimum atomic E-state index is -0.387. The average Bonchev–Trinajstić information content (AvgIpc) is 3.24. The predicted molar refractivity (Wildman–Crippen MR) is 106 cm³/mol. The van der Waals surface area contributed by atoms with Crippen LogP contribution in [0.4, 0.5) is 0 Å². The van der Waals surface area contributed by atoms with E-state index in [-0.39, 0.29) is 17.5 Å². The number of likely N-dealkylation sites (N-methyl/N-ethyl adjacent to an activating group) is 1. The molecule has 1 spiro atoms. The van der Waals surface area contributed by atoms with Crippen molar-refractivity contribution in [1.29, 1.82) is 0 Å². The number of hydrogen-bond acceptors (Lipinski definition) is 4. The number of hydrogen-bond donors (Lipinski definition) is 1. The third kappa shape index (κ3) is 3.21. The van der Waals surface area contributed by atoms with Gasteiger partial charge in [0.2, 0.25) is 5.91 Å². The molecule has 1 aromatic heterocycles. The Labute approximate surface area is 160 Å². The zero-order valence-corrected chi connectivity index (χ0v) is 16.3. The summed E-state index contributed by atoms with van der Waals surface area (Å²) in [5, 5.41) is 3.61. The van der Waals surface area contributed by atoms with E-state index in [1.807, 2.05) is 37.2 Å². The van der Waals surface area contributed by atoms with E-state index in [1.165, 1.54) is 5.56 Å². The summed E-state index contributed by atoms with van der Waals surface area (Å²) in [7, 11) is 1.89. The van der Waals surface area contributed by atoms with Gasteiger partial charge in [0, 0.05) is 19.8 Å². The number of pyridine rings is 1. The number of ether oxygens (including phenoxy) is 1. The highest BCUT2D eigenvalue weighted by Gasteiger charge is 2.50. The van der Waals surface area contributed by atoms with Crippen molar-refractivity contribution < 1.29 is 9.53 Å². The van der Waals surface area contributed by atoms with E-state index in [9.17, 15) is 4.79 Å². The zero-order valence-electron chi connectivity index (χ0n) is 16.3. The quantitative estimate of drug-likeness (QED) is 0.901. The molecule has 5 nitrogen and oxygen atoms in total. The van der Waals surface area contributed by atoms with Crippen LogP contribution in [0.3, 0.4) is 0 Å². The molecule has 0 radical (unpaired) electrons. The number of carbonyl (C=O) groups is 1. The van der Waals surface area contributed by atoms with Gasteiger partial charge in [0.1, 0.15) is 11.3 Å². The Morgan fingerprint density at radius 2 is 2.15 bits per heavy atom. The van der Waals surface area contributed by atoms with E-state index in [1.54, 1.807) is 0 Å². The molecule has 0 bridgehead atoms. The Kier molecular flexibility index (Phi) is 4.64. The van der Waals surface area contributed by atoms with Crippen LogP contribution in [0.15, 0.2) is 36.5 Å². The van der Waals surface area contributed by atoms with Gasteiger partial charge in [-0.25, -0.2) is 0 Å². The summed E-state index contributed by atoms with van der Waals surface area (Å²) in [4.78, 5) is 19.0. The highest BCUT2D eigenvalue weighted by atomic mass is 16.5. The second-order valence-electron chi connectivity index (χ2n) is 7.67. The van der Waals surface area contributed by atoms with Crippen molar-refractivity contribution >= 4 is 5.91 Å². The maximum absolute atomic E-state index is 12.6. The van der Waals surface area contributed by atoms with Crippen molar-refractivity contribution in [1.82, 2.24) is 15.2 Å². The Balaban J connectivity index is 1.61. The molecule has 4 rings (SSSR count). The van der Waals surface area contributed by atoms with Crippen LogP contribution in [0.25, 0.3) is 11.1 Å². The van der Waals surface area contributed by atoms with Crippen LogP contribution in [-0.4, -0.2) is 41.5 Å². The van der Waals surface area contributed by atoms with Gasteiger partial charge in [0.15, 0.2) is 0 Å².